The number of rotatable bonds is 4. The number of hydrogen-bond acceptors (Lipinski definition) is 4. The molecular weight excluding hydrogens is 302 g/mol. The Balaban J connectivity index is 2.19. The molecule has 0 unspecified atom stereocenters. The van der Waals surface area contributed by atoms with Gasteiger partial charge in [-0.15, -0.1) is 0 Å². The number of nitriles is 1. The summed E-state index contributed by atoms with van der Waals surface area (Å²) in [5.74, 6) is 0.299. The molecule has 22 heavy (non-hydrogen) atoms. The van der Waals surface area contributed by atoms with E-state index in [1.54, 1.807) is 6.07 Å². The molecule has 0 radical (unpaired) electrons. The minimum absolute atomic E-state index is 0.0900. The summed E-state index contributed by atoms with van der Waals surface area (Å²) in [6.07, 6.45) is 1.64. The van der Waals surface area contributed by atoms with E-state index in [0.717, 1.165) is 0 Å². The van der Waals surface area contributed by atoms with Gasteiger partial charge in [-0.05, 0) is 5.92 Å². The Morgan fingerprint density at radius 2 is 2.18 bits per heavy atom. The summed E-state index contributed by atoms with van der Waals surface area (Å²) in [4.78, 5) is 15.6. The number of primary amides is 1. The van der Waals surface area contributed by atoms with E-state index in [-0.39, 0.29) is 45.9 Å². The van der Waals surface area contributed by atoms with E-state index in [9.17, 15) is 4.79 Å². The zero-order valence-electron chi connectivity index (χ0n) is 14.1. The van der Waals surface area contributed by atoms with Gasteiger partial charge in [0.2, 0.25) is 5.91 Å². The van der Waals surface area contributed by atoms with Crippen molar-refractivity contribution in [2.24, 2.45) is 22.5 Å². The highest BCUT2D eigenvalue weighted by atomic mass is 35.5. The number of halogens is 1. The zero-order chi connectivity index (χ0) is 17.4. The summed E-state index contributed by atoms with van der Waals surface area (Å²) >= 11 is 5.99. The molecule has 0 bridgehead atoms. The van der Waals surface area contributed by atoms with Crippen LogP contribution in [0.2, 0.25) is 6.43 Å². The van der Waals surface area contributed by atoms with Gasteiger partial charge in [0.05, 0.1) is 11.2 Å². The SMILES string of the molecule is [2H]NC(=O)CC1C(C)(C)C(Oc2cnc(C#N)c(Cl)c2)C1(C)C. The Morgan fingerprint density at radius 3 is 2.68 bits per heavy atom. The Bertz CT molecular complexity index is 654. The van der Waals surface area contributed by atoms with Crippen LogP contribution in [0.5, 0.6) is 5.75 Å². The number of carbonyl (C=O) groups is 1. The highest BCUT2D eigenvalue weighted by Crippen LogP contribution is 2.61. The fourth-order valence-electron chi connectivity index (χ4n) is 3.91. The molecule has 6 heteroatoms. The minimum Gasteiger partial charge on any atom is -0.488 e. The van der Waals surface area contributed by atoms with Crippen LogP contribution in [0.3, 0.4) is 0 Å². The average Bonchev–Trinajstić information content (AvgIpc) is 2.49. The van der Waals surface area contributed by atoms with E-state index in [4.69, 9.17) is 23.0 Å². The fraction of sp³-hybridized carbons (Fsp3) is 0.562. The lowest BCUT2D eigenvalue weighted by Crippen LogP contribution is -2.66. The number of nitrogens with two attached hydrogens (primary N) is 1. The van der Waals surface area contributed by atoms with E-state index in [1.165, 1.54) is 6.20 Å². The van der Waals surface area contributed by atoms with Gasteiger partial charge < -0.3 is 10.5 Å². The third-order valence-electron chi connectivity index (χ3n) is 4.71. The van der Waals surface area contributed by atoms with Crippen LogP contribution in [0.1, 0.15) is 39.8 Å². The van der Waals surface area contributed by atoms with Gasteiger partial charge >= 0.3 is 0 Å². The van der Waals surface area contributed by atoms with Gasteiger partial charge in [0.15, 0.2) is 7.11 Å². The van der Waals surface area contributed by atoms with Crippen LogP contribution in [-0.4, -0.2) is 17.0 Å². The van der Waals surface area contributed by atoms with Gasteiger partial charge in [-0.25, -0.2) is 4.98 Å². The molecule has 0 aliphatic heterocycles. The minimum atomic E-state index is -0.294. The molecule has 1 fully saturated rings. The molecule has 0 aromatic carbocycles. The predicted octanol–water partition coefficient (Wildman–Crippen LogP) is 2.91. The normalized spacial score (nSPS) is 25.4. The highest BCUT2D eigenvalue weighted by molar-refractivity contribution is 6.31. The number of carbonyl (C=O) groups excluding carboxylic acids is 1. The van der Waals surface area contributed by atoms with Crippen molar-refractivity contribution in [1.82, 2.24) is 4.98 Å². The maximum atomic E-state index is 11.6. The number of ether oxygens (including phenoxy) is 1. The van der Waals surface area contributed by atoms with Gasteiger partial charge in [0, 0.05) is 23.3 Å². The number of hydrogen-bond donors (Lipinski definition) is 1. The molecule has 118 valence electrons. The third kappa shape index (κ3) is 2.64. The van der Waals surface area contributed by atoms with Gasteiger partial charge in [0.1, 0.15) is 17.9 Å². The maximum absolute atomic E-state index is 11.6. The first-order valence-electron chi connectivity index (χ1n) is 7.57. The maximum Gasteiger partial charge on any atom is 0.217 e. The van der Waals surface area contributed by atoms with Crippen LogP contribution in [0, 0.1) is 28.1 Å². The quantitative estimate of drug-likeness (QED) is 0.923. The molecule has 1 saturated carbocycles. The Hall–Kier alpha value is -1.80. The molecule has 1 aromatic heterocycles. The summed E-state index contributed by atoms with van der Waals surface area (Å²) in [6, 6.07) is 3.50. The summed E-state index contributed by atoms with van der Waals surface area (Å²) in [7, 11) is 0. The fourth-order valence-corrected chi connectivity index (χ4v) is 4.10. The predicted molar refractivity (Wildman–Crippen MR) is 83.2 cm³/mol. The van der Waals surface area contributed by atoms with Crippen LogP contribution in [0.4, 0.5) is 0 Å². The topological polar surface area (TPSA) is 89.0 Å². The average molecular weight is 323 g/mol. The molecule has 0 spiro atoms. The summed E-state index contributed by atoms with van der Waals surface area (Å²) < 4.78 is 13.0. The molecule has 5 nitrogen and oxygen atoms in total. The first kappa shape index (κ1) is 15.1. The molecular formula is C16H20ClN3O2. The van der Waals surface area contributed by atoms with Crippen molar-refractivity contribution < 1.29 is 10.9 Å². The van der Waals surface area contributed by atoms with Crippen molar-refractivity contribution in [3.63, 3.8) is 0 Å². The van der Waals surface area contributed by atoms with E-state index in [1.807, 2.05) is 39.5 Å². The van der Waals surface area contributed by atoms with E-state index in [0.29, 0.717) is 5.75 Å². The van der Waals surface area contributed by atoms with Crippen molar-refractivity contribution >= 4 is 17.5 Å². The molecule has 2 rings (SSSR count). The van der Waals surface area contributed by atoms with Crippen molar-refractivity contribution in [3.05, 3.63) is 23.0 Å². The third-order valence-corrected chi connectivity index (χ3v) is 5.00. The molecule has 1 aliphatic rings. The lowest BCUT2D eigenvalue weighted by Gasteiger charge is -2.63. The van der Waals surface area contributed by atoms with Crippen molar-refractivity contribution in [3.8, 4) is 11.8 Å². The number of aromatic nitrogens is 1. The molecule has 2 N–H and O–H groups in total. The first-order chi connectivity index (χ1) is 10.6. The Morgan fingerprint density at radius 1 is 1.55 bits per heavy atom. The van der Waals surface area contributed by atoms with Crippen LogP contribution in [0.25, 0.3) is 0 Å². The number of nitrogens with zero attached hydrogens (tertiary/aromatic N) is 2. The van der Waals surface area contributed by atoms with Crippen LogP contribution in [0.15, 0.2) is 12.3 Å². The van der Waals surface area contributed by atoms with E-state index >= 15 is 0 Å². The second-order valence-corrected chi connectivity index (χ2v) is 7.34. The van der Waals surface area contributed by atoms with Crippen LogP contribution in [-0.2, 0) is 4.79 Å². The lowest BCUT2D eigenvalue weighted by atomic mass is 9.45. The lowest BCUT2D eigenvalue weighted by molar-refractivity contribution is -0.200. The molecule has 1 aliphatic carbocycles. The second kappa shape index (κ2) is 5.44. The smallest absolute Gasteiger partial charge is 0.217 e. The van der Waals surface area contributed by atoms with Gasteiger partial charge in [-0.2, -0.15) is 5.26 Å². The molecule has 0 atom stereocenters. The summed E-state index contributed by atoms with van der Waals surface area (Å²) in [6.45, 7) is 8.18. The largest absolute Gasteiger partial charge is 0.488 e. The Labute approximate surface area is 136 Å². The van der Waals surface area contributed by atoms with Crippen LogP contribution >= 0.6 is 11.6 Å². The van der Waals surface area contributed by atoms with Crippen molar-refractivity contribution in [2.45, 2.75) is 40.2 Å². The number of pyridine rings is 1. The van der Waals surface area contributed by atoms with Crippen molar-refractivity contribution in [2.75, 3.05) is 0 Å². The second-order valence-electron chi connectivity index (χ2n) is 6.93. The van der Waals surface area contributed by atoms with Gasteiger partial charge in [-0.1, -0.05) is 39.3 Å². The van der Waals surface area contributed by atoms with Crippen molar-refractivity contribution in [1.29, 1.82) is 5.26 Å². The van der Waals surface area contributed by atoms with Gasteiger partial charge in [-0.3, -0.25) is 4.79 Å². The standard InChI is InChI=1S/C16H20ClN3O2/c1-15(2)12(6-13(19)21)16(3,4)14(15)22-9-5-10(17)11(7-18)20-8-9/h5,8,12,14H,6H2,1-4H3,(H2,19,21)/i/hD. The summed E-state index contributed by atoms with van der Waals surface area (Å²) in [5.41, 5.74) is 1.62. The molecule has 0 saturated heterocycles. The first-order valence-corrected chi connectivity index (χ1v) is 7.45. The highest BCUT2D eigenvalue weighted by Gasteiger charge is 2.63. The number of amides is 1. The van der Waals surface area contributed by atoms with Gasteiger partial charge in [0.25, 0.3) is 0 Å². The molecule has 1 amide bonds. The van der Waals surface area contributed by atoms with E-state index < -0.39 is 0 Å². The Kier molecular flexibility index (Phi) is 3.73. The zero-order valence-corrected chi connectivity index (χ0v) is 13.9. The van der Waals surface area contributed by atoms with Crippen LogP contribution < -0.4 is 10.5 Å². The monoisotopic (exact) mass is 322 g/mol. The molecule has 1 aromatic rings. The summed E-state index contributed by atoms with van der Waals surface area (Å²) in [5, 5.41) is 9.12. The molecule has 1 heterocycles. The van der Waals surface area contributed by atoms with E-state index in [2.05, 4.69) is 4.98 Å².